The maximum Gasteiger partial charge on any atom is 0.272 e. The van der Waals surface area contributed by atoms with E-state index in [1.54, 1.807) is 26.0 Å². The van der Waals surface area contributed by atoms with Gasteiger partial charge in [-0.2, -0.15) is 4.31 Å². The number of sulfonamides is 1. The number of carbonyl (C=O) groups is 1. The molecular formula is C18H22ClN3O3S. The van der Waals surface area contributed by atoms with Crippen LogP contribution in [0, 0.1) is 20.8 Å². The Hall–Kier alpha value is -1.83. The molecule has 6 nitrogen and oxygen atoms in total. The molecule has 0 atom stereocenters. The van der Waals surface area contributed by atoms with Crippen molar-refractivity contribution in [3.8, 4) is 0 Å². The minimum atomic E-state index is -3.60. The number of nitrogens with zero attached hydrogens (tertiary/aromatic N) is 1. The van der Waals surface area contributed by atoms with E-state index in [1.165, 1.54) is 4.31 Å². The fourth-order valence-corrected chi connectivity index (χ4v) is 5.52. The van der Waals surface area contributed by atoms with Crippen molar-refractivity contribution in [1.29, 1.82) is 0 Å². The Morgan fingerprint density at radius 1 is 1.19 bits per heavy atom. The lowest BCUT2D eigenvalue weighted by Gasteiger charge is -2.16. The van der Waals surface area contributed by atoms with Gasteiger partial charge in [0.1, 0.15) is 10.6 Å². The number of aromatic amines is 1. The van der Waals surface area contributed by atoms with Gasteiger partial charge in [0.2, 0.25) is 10.0 Å². The fourth-order valence-electron chi connectivity index (χ4n) is 3.31. The van der Waals surface area contributed by atoms with E-state index in [-0.39, 0.29) is 10.6 Å². The van der Waals surface area contributed by atoms with E-state index in [1.807, 2.05) is 13.0 Å². The van der Waals surface area contributed by atoms with Crippen molar-refractivity contribution in [2.75, 3.05) is 18.4 Å². The molecule has 1 saturated heterocycles. The van der Waals surface area contributed by atoms with E-state index in [4.69, 9.17) is 11.6 Å². The van der Waals surface area contributed by atoms with Crippen LogP contribution in [0.3, 0.4) is 0 Å². The first-order valence-electron chi connectivity index (χ1n) is 8.48. The van der Waals surface area contributed by atoms with Crippen molar-refractivity contribution in [2.24, 2.45) is 0 Å². The smallest absolute Gasteiger partial charge is 0.272 e. The van der Waals surface area contributed by atoms with E-state index < -0.39 is 15.9 Å². The molecule has 1 aromatic carbocycles. The van der Waals surface area contributed by atoms with Crippen LogP contribution in [-0.2, 0) is 10.0 Å². The van der Waals surface area contributed by atoms with Gasteiger partial charge in [0.05, 0.1) is 10.7 Å². The maximum absolute atomic E-state index is 12.9. The summed E-state index contributed by atoms with van der Waals surface area (Å²) in [5.74, 6) is -0.417. The van der Waals surface area contributed by atoms with E-state index in [9.17, 15) is 13.2 Å². The molecule has 0 bridgehead atoms. The van der Waals surface area contributed by atoms with E-state index in [0.29, 0.717) is 35.1 Å². The van der Waals surface area contributed by atoms with Gasteiger partial charge in [-0.1, -0.05) is 17.7 Å². The molecule has 0 unspecified atom stereocenters. The first kappa shape index (κ1) is 18.9. The monoisotopic (exact) mass is 395 g/mol. The molecule has 3 rings (SSSR count). The quantitative estimate of drug-likeness (QED) is 0.829. The van der Waals surface area contributed by atoms with Crippen molar-refractivity contribution in [2.45, 2.75) is 38.5 Å². The first-order valence-corrected chi connectivity index (χ1v) is 10.3. The highest BCUT2D eigenvalue weighted by Gasteiger charge is 2.33. The highest BCUT2D eigenvalue weighted by molar-refractivity contribution is 7.89. The Morgan fingerprint density at radius 2 is 1.85 bits per heavy atom. The average molecular weight is 396 g/mol. The minimum absolute atomic E-state index is 0.194. The largest absolute Gasteiger partial charge is 0.353 e. The summed E-state index contributed by atoms with van der Waals surface area (Å²) in [6.07, 6.45) is 1.72. The molecule has 2 heterocycles. The lowest BCUT2D eigenvalue weighted by molar-refractivity contribution is 0.102. The third-order valence-electron chi connectivity index (χ3n) is 4.63. The average Bonchev–Trinajstić information content (AvgIpc) is 3.19. The molecule has 1 aromatic heterocycles. The zero-order chi connectivity index (χ0) is 19.1. The lowest BCUT2D eigenvalue weighted by atomic mass is 10.2. The lowest BCUT2D eigenvalue weighted by Crippen LogP contribution is -2.28. The van der Waals surface area contributed by atoms with Gasteiger partial charge in [-0.15, -0.1) is 0 Å². The molecule has 8 heteroatoms. The van der Waals surface area contributed by atoms with E-state index >= 15 is 0 Å². The van der Waals surface area contributed by atoms with E-state index in [0.717, 1.165) is 18.4 Å². The van der Waals surface area contributed by atoms with Crippen LogP contribution in [0.2, 0.25) is 5.02 Å². The van der Waals surface area contributed by atoms with Crippen LogP contribution in [0.1, 0.15) is 40.2 Å². The van der Waals surface area contributed by atoms with Crippen LogP contribution in [0.5, 0.6) is 0 Å². The number of aryl methyl sites for hydroxylation is 2. The molecule has 26 heavy (non-hydrogen) atoms. The van der Waals surface area contributed by atoms with E-state index in [2.05, 4.69) is 10.3 Å². The van der Waals surface area contributed by atoms with Crippen LogP contribution in [0.15, 0.2) is 23.1 Å². The third kappa shape index (κ3) is 3.39. The van der Waals surface area contributed by atoms with Gasteiger partial charge < -0.3 is 10.3 Å². The summed E-state index contributed by atoms with van der Waals surface area (Å²) in [6, 6.07) is 5.33. The number of rotatable bonds is 4. The number of amides is 1. The Morgan fingerprint density at radius 3 is 2.46 bits per heavy atom. The Bertz CT molecular complexity index is 960. The number of anilines is 1. The molecule has 1 amide bonds. The molecule has 2 aromatic rings. The normalized spacial score (nSPS) is 15.4. The SMILES string of the molecule is Cc1ccc(NC(=O)c2[nH]c(C)c(S(=O)(=O)N3CCCC3)c2C)c(Cl)c1. The number of hydrogen-bond donors (Lipinski definition) is 2. The Balaban J connectivity index is 1.93. The highest BCUT2D eigenvalue weighted by atomic mass is 35.5. The molecule has 1 fully saturated rings. The second-order valence-corrected chi connectivity index (χ2v) is 8.91. The highest BCUT2D eigenvalue weighted by Crippen LogP contribution is 2.30. The number of nitrogens with one attached hydrogen (secondary N) is 2. The van der Waals surface area contributed by atoms with Crippen molar-refractivity contribution in [1.82, 2.24) is 9.29 Å². The van der Waals surface area contributed by atoms with Gasteiger partial charge in [-0.05, 0) is 56.9 Å². The minimum Gasteiger partial charge on any atom is -0.353 e. The summed E-state index contributed by atoms with van der Waals surface area (Å²) in [5, 5.41) is 3.18. The standard InChI is InChI=1S/C18H22ClN3O3S/c1-11-6-7-15(14(19)10-11)21-18(23)16-12(2)17(13(3)20-16)26(24,25)22-8-4-5-9-22/h6-7,10,20H,4-5,8-9H2,1-3H3,(H,21,23). The topological polar surface area (TPSA) is 82.3 Å². The molecular weight excluding hydrogens is 374 g/mol. The molecule has 0 spiro atoms. The van der Waals surface area contributed by atoms with Gasteiger partial charge in [-0.3, -0.25) is 4.79 Å². The first-order chi connectivity index (χ1) is 12.2. The summed E-state index contributed by atoms with van der Waals surface area (Å²) < 4.78 is 27.3. The van der Waals surface area contributed by atoms with Crippen LogP contribution in [-0.4, -0.2) is 36.7 Å². The van der Waals surface area contributed by atoms with Gasteiger partial charge in [0, 0.05) is 18.8 Å². The summed E-state index contributed by atoms with van der Waals surface area (Å²) >= 11 is 6.17. The van der Waals surface area contributed by atoms with Gasteiger partial charge in [0.15, 0.2) is 0 Å². The summed E-state index contributed by atoms with van der Waals surface area (Å²) in [5.41, 5.74) is 2.60. The number of hydrogen-bond acceptors (Lipinski definition) is 3. The Kier molecular flexibility index (Phi) is 5.14. The molecule has 0 saturated carbocycles. The van der Waals surface area contributed by atoms with Crippen molar-refractivity contribution < 1.29 is 13.2 Å². The molecule has 1 aliphatic heterocycles. The van der Waals surface area contributed by atoms with Crippen LogP contribution in [0.4, 0.5) is 5.69 Å². The zero-order valence-electron chi connectivity index (χ0n) is 15.0. The van der Waals surface area contributed by atoms with Gasteiger partial charge in [-0.25, -0.2) is 8.42 Å². The summed E-state index contributed by atoms with van der Waals surface area (Å²) in [7, 11) is -3.60. The molecule has 2 N–H and O–H groups in total. The van der Waals surface area contributed by atoms with Crippen molar-refractivity contribution in [3.05, 3.63) is 45.7 Å². The third-order valence-corrected chi connectivity index (χ3v) is 7.12. The van der Waals surface area contributed by atoms with Crippen LogP contribution < -0.4 is 5.32 Å². The number of carbonyl (C=O) groups excluding carboxylic acids is 1. The van der Waals surface area contributed by atoms with Crippen LogP contribution in [0.25, 0.3) is 0 Å². The van der Waals surface area contributed by atoms with Gasteiger partial charge in [0.25, 0.3) is 5.91 Å². The Labute approximate surface area is 158 Å². The predicted octanol–water partition coefficient (Wildman–Crippen LogP) is 3.63. The molecule has 1 aliphatic rings. The number of halogens is 1. The number of benzene rings is 1. The maximum atomic E-state index is 12.9. The predicted molar refractivity (Wildman–Crippen MR) is 102 cm³/mol. The summed E-state index contributed by atoms with van der Waals surface area (Å²) in [6.45, 7) is 6.27. The van der Waals surface area contributed by atoms with Crippen LogP contribution >= 0.6 is 11.6 Å². The zero-order valence-corrected chi connectivity index (χ0v) is 16.6. The second-order valence-electron chi connectivity index (χ2n) is 6.63. The van der Waals surface area contributed by atoms with Crippen molar-refractivity contribution in [3.63, 3.8) is 0 Å². The van der Waals surface area contributed by atoms with Crippen molar-refractivity contribution >= 4 is 33.2 Å². The number of H-pyrrole nitrogens is 1. The molecule has 0 radical (unpaired) electrons. The fraction of sp³-hybridized carbons (Fsp3) is 0.389. The molecule has 0 aliphatic carbocycles. The second kappa shape index (κ2) is 7.06. The number of aromatic nitrogens is 1. The molecule has 140 valence electrons. The van der Waals surface area contributed by atoms with Gasteiger partial charge >= 0.3 is 0 Å². The summed E-state index contributed by atoms with van der Waals surface area (Å²) in [4.78, 5) is 15.8.